The van der Waals surface area contributed by atoms with Crippen molar-refractivity contribution in [3.63, 3.8) is 0 Å². The monoisotopic (exact) mass is 482 g/mol. The summed E-state index contributed by atoms with van der Waals surface area (Å²) in [6, 6.07) is 20.6. The third-order valence-electron chi connectivity index (χ3n) is 7.07. The van der Waals surface area contributed by atoms with Crippen LogP contribution in [0.3, 0.4) is 0 Å². The second-order valence-electron chi connectivity index (χ2n) is 9.07. The number of aryl methyl sites for hydroxylation is 1. The zero-order valence-electron chi connectivity index (χ0n) is 18.8. The number of rotatable bonds is 5. The van der Waals surface area contributed by atoms with Crippen molar-refractivity contribution >= 4 is 21.4 Å². The van der Waals surface area contributed by atoms with Crippen LogP contribution < -0.4 is 0 Å². The van der Waals surface area contributed by atoms with Crippen molar-refractivity contribution < 1.29 is 13.5 Å². The van der Waals surface area contributed by atoms with E-state index in [1.165, 1.54) is 33.6 Å². The Balaban J connectivity index is 1.42. The van der Waals surface area contributed by atoms with Crippen LogP contribution in [-0.2, 0) is 10.0 Å². The molecule has 5 rings (SSSR count). The molecule has 0 amide bonds. The zero-order valence-corrected chi connectivity index (χ0v) is 20.4. The van der Waals surface area contributed by atoms with Crippen molar-refractivity contribution in [1.82, 2.24) is 9.21 Å². The molecule has 0 bridgehead atoms. The van der Waals surface area contributed by atoms with Crippen molar-refractivity contribution in [2.75, 3.05) is 26.2 Å². The molecule has 174 valence electrons. The fourth-order valence-electron chi connectivity index (χ4n) is 5.39. The van der Waals surface area contributed by atoms with Crippen LogP contribution in [0.15, 0.2) is 70.3 Å². The van der Waals surface area contributed by atoms with Crippen LogP contribution >= 0.6 is 11.3 Å². The second-order valence-corrected chi connectivity index (χ2v) is 12.2. The molecule has 5 nitrogen and oxygen atoms in total. The van der Waals surface area contributed by atoms with Gasteiger partial charge in [0, 0.05) is 31.1 Å². The largest absolute Gasteiger partial charge is 0.395 e. The van der Waals surface area contributed by atoms with Gasteiger partial charge in [0.1, 0.15) is 4.21 Å². The summed E-state index contributed by atoms with van der Waals surface area (Å²) in [7, 11) is -3.49. The maximum Gasteiger partial charge on any atom is 0.252 e. The summed E-state index contributed by atoms with van der Waals surface area (Å²) in [5.74, 6) is 0.112. The number of aliphatic hydroxyl groups excluding tert-OH is 1. The molecule has 0 unspecified atom stereocenters. The van der Waals surface area contributed by atoms with Crippen molar-refractivity contribution in [1.29, 1.82) is 0 Å². The molecule has 3 aromatic rings. The Morgan fingerprint density at radius 1 is 1.00 bits per heavy atom. The van der Waals surface area contributed by atoms with Crippen molar-refractivity contribution in [2.45, 2.75) is 42.0 Å². The first-order chi connectivity index (χ1) is 16.0. The average Bonchev–Trinajstić information content (AvgIpc) is 3.34. The predicted molar refractivity (Wildman–Crippen MR) is 133 cm³/mol. The van der Waals surface area contributed by atoms with E-state index in [4.69, 9.17) is 0 Å². The first-order valence-corrected chi connectivity index (χ1v) is 13.9. The Morgan fingerprint density at radius 2 is 1.79 bits per heavy atom. The minimum absolute atomic E-state index is 0.0317. The normalized spacial score (nSPS) is 24.5. The summed E-state index contributed by atoms with van der Waals surface area (Å²) in [5, 5.41) is 12.0. The van der Waals surface area contributed by atoms with E-state index in [1.807, 2.05) is 5.38 Å². The molecule has 0 radical (unpaired) electrons. The molecule has 0 saturated carbocycles. The molecule has 3 atom stereocenters. The maximum absolute atomic E-state index is 13.3. The minimum Gasteiger partial charge on any atom is -0.395 e. The Hall–Kier alpha value is -2.03. The van der Waals surface area contributed by atoms with Gasteiger partial charge in [-0.1, -0.05) is 60.2 Å². The maximum atomic E-state index is 13.3. The molecule has 1 N–H and O–H groups in total. The van der Waals surface area contributed by atoms with E-state index in [0.29, 0.717) is 17.3 Å². The summed E-state index contributed by atoms with van der Waals surface area (Å²) in [6.45, 7) is 4.09. The number of aliphatic hydroxyl groups is 1. The predicted octanol–water partition coefficient (Wildman–Crippen LogP) is 4.34. The van der Waals surface area contributed by atoms with Gasteiger partial charge in [0.05, 0.1) is 6.61 Å². The van der Waals surface area contributed by atoms with Crippen LogP contribution in [0.4, 0.5) is 0 Å². The molecular formula is C26H30N2O3S2. The van der Waals surface area contributed by atoms with Gasteiger partial charge in [-0.25, -0.2) is 8.42 Å². The highest BCUT2D eigenvalue weighted by molar-refractivity contribution is 7.91. The highest BCUT2D eigenvalue weighted by Crippen LogP contribution is 2.43. The Morgan fingerprint density at radius 3 is 2.48 bits per heavy atom. The van der Waals surface area contributed by atoms with E-state index >= 15 is 0 Å². The number of thiophene rings is 1. The fraction of sp³-hybridized carbons (Fsp3) is 0.385. The Bertz CT molecular complexity index is 1190. The number of hydrogen-bond acceptors (Lipinski definition) is 5. The molecule has 1 aromatic heterocycles. The lowest BCUT2D eigenvalue weighted by molar-refractivity contribution is -0.0553. The molecule has 3 heterocycles. The van der Waals surface area contributed by atoms with Crippen LogP contribution in [0.5, 0.6) is 0 Å². The van der Waals surface area contributed by atoms with Crippen LogP contribution in [-0.4, -0.2) is 61.1 Å². The van der Waals surface area contributed by atoms with E-state index in [1.54, 1.807) is 16.4 Å². The van der Waals surface area contributed by atoms with E-state index in [9.17, 15) is 13.5 Å². The lowest BCUT2D eigenvalue weighted by Crippen LogP contribution is -2.67. The molecule has 2 aromatic carbocycles. The number of sulfonamides is 1. The SMILES string of the molecule is Cc1cccc(-c2ccc([C@H]3[C@H]4CN(S(=O)(=O)c5cccs5)CCCCN4[C@H]3CO)cc2)c1. The highest BCUT2D eigenvalue weighted by atomic mass is 32.2. The molecule has 2 fully saturated rings. The third kappa shape index (κ3) is 4.29. The topological polar surface area (TPSA) is 60.9 Å². The Kier molecular flexibility index (Phi) is 6.42. The smallest absolute Gasteiger partial charge is 0.252 e. The standard InChI is InChI=1S/C26H30N2O3S2/c1-19-6-4-7-22(16-19)20-9-11-21(12-10-20)26-23-17-27(33(30,31)25-8-5-15-32-25)13-2-3-14-28(23)24(26)18-29/h4-12,15-16,23-24,26,29H,2-3,13-14,17-18H2,1H3/t23-,24+,26+/m1/s1. The number of fused-ring (bicyclic) bond motifs is 1. The summed E-state index contributed by atoms with van der Waals surface area (Å²) in [4.78, 5) is 2.31. The fourth-order valence-corrected chi connectivity index (χ4v) is 8.03. The van der Waals surface area contributed by atoms with Gasteiger partial charge in [-0.15, -0.1) is 11.3 Å². The second kappa shape index (κ2) is 9.31. The highest BCUT2D eigenvalue weighted by Gasteiger charge is 2.50. The lowest BCUT2D eigenvalue weighted by atomic mass is 9.74. The van der Waals surface area contributed by atoms with Crippen molar-refractivity contribution in [3.05, 3.63) is 77.2 Å². The van der Waals surface area contributed by atoms with E-state index in [2.05, 4.69) is 60.4 Å². The van der Waals surface area contributed by atoms with Gasteiger partial charge in [-0.3, -0.25) is 4.90 Å². The van der Waals surface area contributed by atoms with Crippen molar-refractivity contribution in [3.8, 4) is 11.1 Å². The van der Waals surface area contributed by atoms with E-state index in [0.717, 1.165) is 19.4 Å². The number of benzene rings is 2. The van der Waals surface area contributed by atoms with Crippen LogP contribution in [0.1, 0.15) is 29.9 Å². The first kappa shape index (κ1) is 22.7. The third-order valence-corrected chi connectivity index (χ3v) is 10.3. The number of nitrogens with zero attached hydrogens (tertiary/aromatic N) is 2. The molecule has 2 aliphatic heterocycles. The van der Waals surface area contributed by atoms with Gasteiger partial charge in [-0.2, -0.15) is 4.31 Å². The van der Waals surface area contributed by atoms with Gasteiger partial charge in [0.15, 0.2) is 0 Å². The summed E-state index contributed by atoms with van der Waals surface area (Å²) in [6.07, 6.45) is 1.77. The molecular weight excluding hydrogens is 452 g/mol. The Labute approximate surface area is 200 Å². The summed E-state index contributed by atoms with van der Waals surface area (Å²) < 4.78 is 28.6. The average molecular weight is 483 g/mol. The number of hydrogen-bond donors (Lipinski definition) is 1. The van der Waals surface area contributed by atoms with E-state index < -0.39 is 10.0 Å². The van der Waals surface area contributed by atoms with Crippen LogP contribution in [0.2, 0.25) is 0 Å². The summed E-state index contributed by atoms with van der Waals surface area (Å²) in [5.41, 5.74) is 4.75. The van der Waals surface area contributed by atoms with Crippen molar-refractivity contribution in [2.24, 2.45) is 0 Å². The quantitative estimate of drug-likeness (QED) is 0.588. The molecule has 2 saturated heterocycles. The minimum atomic E-state index is -3.49. The zero-order chi connectivity index (χ0) is 23.0. The van der Waals surface area contributed by atoms with Gasteiger partial charge < -0.3 is 5.11 Å². The first-order valence-electron chi connectivity index (χ1n) is 11.6. The van der Waals surface area contributed by atoms with Crippen LogP contribution in [0, 0.1) is 6.92 Å². The molecule has 33 heavy (non-hydrogen) atoms. The molecule has 2 aliphatic rings. The van der Waals surface area contributed by atoms with E-state index in [-0.39, 0.29) is 24.6 Å². The van der Waals surface area contributed by atoms with Gasteiger partial charge in [0.2, 0.25) is 0 Å². The molecule has 0 spiro atoms. The summed E-state index contributed by atoms with van der Waals surface area (Å²) >= 11 is 1.28. The molecule has 0 aliphatic carbocycles. The van der Waals surface area contributed by atoms with Gasteiger partial charge in [-0.05, 0) is 54.4 Å². The lowest BCUT2D eigenvalue weighted by Gasteiger charge is -2.57. The van der Waals surface area contributed by atoms with Gasteiger partial charge >= 0.3 is 0 Å². The van der Waals surface area contributed by atoms with Gasteiger partial charge in [0.25, 0.3) is 10.0 Å². The molecule has 7 heteroatoms. The van der Waals surface area contributed by atoms with Crippen LogP contribution in [0.25, 0.3) is 11.1 Å².